The molecule has 0 N–H and O–H groups in total. The minimum absolute atomic E-state index is 0.207. The maximum atomic E-state index is 13.0. The van der Waals surface area contributed by atoms with Crippen molar-refractivity contribution in [1.82, 2.24) is 19.7 Å². The van der Waals surface area contributed by atoms with Crippen LogP contribution in [0, 0.1) is 5.82 Å². The summed E-state index contributed by atoms with van der Waals surface area (Å²) < 4.78 is 15.2. The lowest BCUT2D eigenvalue weighted by Gasteiger charge is -2.10. The van der Waals surface area contributed by atoms with Crippen LogP contribution in [0.4, 0.5) is 4.39 Å². The zero-order valence-corrected chi connectivity index (χ0v) is 17.2. The second-order valence-corrected chi connectivity index (χ2v) is 8.50. The second kappa shape index (κ2) is 9.71. The molecule has 0 saturated carbocycles. The molecule has 0 aliphatic carbocycles. The molecule has 2 heterocycles. The molecule has 0 bridgehead atoms. The van der Waals surface area contributed by atoms with Crippen LogP contribution in [-0.4, -0.2) is 31.3 Å². The molecule has 7 heteroatoms. The first-order valence-corrected chi connectivity index (χ1v) is 11.2. The highest BCUT2D eigenvalue weighted by Crippen LogP contribution is 2.27. The molecule has 0 amide bonds. The van der Waals surface area contributed by atoms with E-state index in [1.165, 1.54) is 17.7 Å². The van der Waals surface area contributed by atoms with E-state index >= 15 is 0 Å². The molecule has 29 heavy (non-hydrogen) atoms. The fraction of sp³-hybridized carbons (Fsp3) is 0.136. The third-order valence-corrected chi connectivity index (χ3v) is 6.48. The van der Waals surface area contributed by atoms with Gasteiger partial charge in [0, 0.05) is 34.4 Å². The van der Waals surface area contributed by atoms with Crippen molar-refractivity contribution in [2.75, 3.05) is 11.5 Å². The molecule has 0 saturated heterocycles. The van der Waals surface area contributed by atoms with Crippen molar-refractivity contribution in [2.24, 2.45) is 0 Å². The lowest BCUT2D eigenvalue weighted by Crippen LogP contribution is -2.04. The number of benzene rings is 2. The van der Waals surface area contributed by atoms with E-state index in [4.69, 9.17) is 0 Å². The van der Waals surface area contributed by atoms with E-state index < -0.39 is 0 Å². The van der Waals surface area contributed by atoms with Gasteiger partial charge in [0.15, 0.2) is 11.0 Å². The number of pyridine rings is 1. The Labute approximate surface area is 177 Å². The average Bonchev–Trinajstić information content (AvgIpc) is 3.16. The molecule has 4 rings (SSSR count). The van der Waals surface area contributed by atoms with Crippen LogP contribution < -0.4 is 0 Å². The molecule has 4 aromatic rings. The van der Waals surface area contributed by atoms with Gasteiger partial charge < -0.3 is 0 Å². The molecule has 4 nitrogen and oxygen atoms in total. The molecule has 0 aliphatic rings. The van der Waals surface area contributed by atoms with Gasteiger partial charge >= 0.3 is 0 Å². The van der Waals surface area contributed by atoms with Crippen molar-refractivity contribution < 1.29 is 4.39 Å². The fourth-order valence-corrected chi connectivity index (χ4v) is 4.66. The number of thioether (sulfide) groups is 2. The lowest BCUT2D eigenvalue weighted by atomic mass is 10.2. The molecule has 0 spiro atoms. The van der Waals surface area contributed by atoms with E-state index in [2.05, 4.69) is 31.9 Å². The number of rotatable bonds is 8. The van der Waals surface area contributed by atoms with Gasteiger partial charge in [0.2, 0.25) is 0 Å². The molecule has 2 aromatic carbocycles. The first kappa shape index (κ1) is 19.7. The highest BCUT2D eigenvalue weighted by Gasteiger charge is 2.14. The van der Waals surface area contributed by atoms with Crippen molar-refractivity contribution >= 4 is 23.5 Å². The minimum atomic E-state index is -0.207. The van der Waals surface area contributed by atoms with E-state index in [-0.39, 0.29) is 5.82 Å². The number of aromatic nitrogens is 4. The average molecular weight is 423 g/mol. The number of halogens is 1. The maximum Gasteiger partial charge on any atom is 0.191 e. The van der Waals surface area contributed by atoms with Crippen molar-refractivity contribution in [3.63, 3.8) is 0 Å². The molecular formula is C22H19FN4S2. The van der Waals surface area contributed by atoms with Crippen LogP contribution >= 0.6 is 23.5 Å². The van der Waals surface area contributed by atoms with Crippen LogP contribution in [0.1, 0.15) is 5.56 Å². The lowest BCUT2D eigenvalue weighted by molar-refractivity contribution is 0.626. The maximum absolute atomic E-state index is 13.0. The van der Waals surface area contributed by atoms with Crippen molar-refractivity contribution in [1.29, 1.82) is 0 Å². The van der Waals surface area contributed by atoms with Crippen molar-refractivity contribution in [2.45, 2.75) is 16.6 Å². The van der Waals surface area contributed by atoms with Gasteiger partial charge in [0.25, 0.3) is 0 Å². The third kappa shape index (κ3) is 5.25. The van der Waals surface area contributed by atoms with Gasteiger partial charge in [-0.05, 0) is 42.0 Å². The Morgan fingerprint density at radius 3 is 2.28 bits per heavy atom. The first-order chi connectivity index (χ1) is 14.3. The number of hydrogen-bond donors (Lipinski definition) is 0. The summed E-state index contributed by atoms with van der Waals surface area (Å²) in [6.45, 7) is 0.707. The predicted octanol–water partition coefficient (Wildman–Crippen LogP) is 5.41. The van der Waals surface area contributed by atoms with Gasteiger partial charge in [-0.25, -0.2) is 4.39 Å². The Hall–Kier alpha value is -2.64. The van der Waals surface area contributed by atoms with Crippen LogP contribution in [0.2, 0.25) is 0 Å². The number of hydrogen-bond acceptors (Lipinski definition) is 5. The summed E-state index contributed by atoms with van der Waals surface area (Å²) in [5, 5.41) is 9.78. The zero-order valence-electron chi connectivity index (χ0n) is 15.6. The summed E-state index contributed by atoms with van der Waals surface area (Å²) in [5.41, 5.74) is 2.20. The quantitative estimate of drug-likeness (QED) is 0.280. The van der Waals surface area contributed by atoms with Crippen LogP contribution in [-0.2, 0) is 6.54 Å². The molecule has 0 aliphatic heterocycles. The molecule has 2 aromatic heterocycles. The summed E-state index contributed by atoms with van der Waals surface area (Å²) in [6.07, 6.45) is 3.53. The van der Waals surface area contributed by atoms with Gasteiger partial charge in [-0.1, -0.05) is 42.1 Å². The molecule has 0 fully saturated rings. The summed E-state index contributed by atoms with van der Waals surface area (Å²) in [7, 11) is 0. The topological polar surface area (TPSA) is 43.6 Å². The van der Waals surface area contributed by atoms with Gasteiger partial charge in [0.1, 0.15) is 5.82 Å². The van der Waals surface area contributed by atoms with Crippen LogP contribution in [0.15, 0.2) is 89.2 Å². The van der Waals surface area contributed by atoms with E-state index in [0.29, 0.717) is 6.54 Å². The van der Waals surface area contributed by atoms with Gasteiger partial charge in [-0.15, -0.1) is 22.0 Å². The Morgan fingerprint density at radius 1 is 0.793 bits per heavy atom. The summed E-state index contributed by atoms with van der Waals surface area (Å²) >= 11 is 3.39. The van der Waals surface area contributed by atoms with E-state index in [1.54, 1.807) is 35.9 Å². The van der Waals surface area contributed by atoms with Gasteiger partial charge in [-0.2, -0.15) is 0 Å². The largest absolute Gasteiger partial charge is 0.298 e. The molecule has 0 unspecified atom stereocenters. The Balaban J connectivity index is 1.48. The molecule has 146 valence electrons. The smallest absolute Gasteiger partial charge is 0.191 e. The van der Waals surface area contributed by atoms with Gasteiger partial charge in [0.05, 0.1) is 6.54 Å². The van der Waals surface area contributed by atoms with E-state index in [1.807, 2.05) is 42.5 Å². The summed E-state index contributed by atoms with van der Waals surface area (Å²) in [5.74, 6) is 2.41. The summed E-state index contributed by atoms with van der Waals surface area (Å²) in [6, 6.07) is 20.8. The molecule has 0 radical (unpaired) electrons. The van der Waals surface area contributed by atoms with Crippen LogP contribution in [0.3, 0.4) is 0 Å². The SMILES string of the molecule is Fc1ccc(SCCSc2nnc(-c3ccncc3)n2Cc2ccccc2)cc1. The molecular weight excluding hydrogens is 403 g/mol. The fourth-order valence-electron chi connectivity index (χ4n) is 2.84. The standard InChI is InChI=1S/C22H19FN4S2/c23-19-6-8-20(9-7-19)28-14-15-29-22-26-25-21(18-10-12-24-13-11-18)27(22)16-17-4-2-1-3-5-17/h1-13H,14-16H2. The monoisotopic (exact) mass is 422 g/mol. The third-order valence-electron chi connectivity index (χ3n) is 4.24. The summed E-state index contributed by atoms with van der Waals surface area (Å²) in [4.78, 5) is 5.16. The Morgan fingerprint density at radius 2 is 1.52 bits per heavy atom. The second-order valence-electron chi connectivity index (χ2n) is 6.26. The highest BCUT2D eigenvalue weighted by molar-refractivity contribution is 8.02. The highest BCUT2D eigenvalue weighted by atomic mass is 32.2. The van der Waals surface area contributed by atoms with Crippen LogP contribution in [0.5, 0.6) is 0 Å². The van der Waals surface area contributed by atoms with E-state index in [9.17, 15) is 4.39 Å². The normalized spacial score (nSPS) is 10.9. The van der Waals surface area contributed by atoms with Crippen molar-refractivity contribution in [3.8, 4) is 11.4 Å². The Kier molecular flexibility index (Phi) is 6.59. The minimum Gasteiger partial charge on any atom is -0.298 e. The molecule has 0 atom stereocenters. The predicted molar refractivity (Wildman–Crippen MR) is 117 cm³/mol. The van der Waals surface area contributed by atoms with Crippen molar-refractivity contribution in [3.05, 3.63) is 90.5 Å². The first-order valence-electron chi connectivity index (χ1n) is 9.18. The number of nitrogens with zero attached hydrogens (tertiary/aromatic N) is 4. The van der Waals surface area contributed by atoms with Gasteiger partial charge in [-0.3, -0.25) is 9.55 Å². The Bertz CT molecular complexity index is 1040. The van der Waals surface area contributed by atoms with E-state index in [0.717, 1.165) is 32.9 Å². The zero-order chi connectivity index (χ0) is 19.9. The van der Waals surface area contributed by atoms with Crippen LogP contribution in [0.25, 0.3) is 11.4 Å².